The molecule has 0 atom stereocenters. The van der Waals surface area contributed by atoms with Crippen LogP contribution in [0.5, 0.6) is 0 Å². The number of benzene rings is 2. The second kappa shape index (κ2) is 9.71. The summed E-state index contributed by atoms with van der Waals surface area (Å²) < 4.78 is 2.24. The maximum Gasteiger partial charge on any atom is 0.331 e. The highest BCUT2D eigenvalue weighted by atomic mass is 16.2. The van der Waals surface area contributed by atoms with Gasteiger partial charge >= 0.3 is 5.69 Å². The van der Waals surface area contributed by atoms with E-state index in [1.807, 2.05) is 49.4 Å². The predicted octanol–water partition coefficient (Wildman–Crippen LogP) is 1.46. The third-order valence-corrected chi connectivity index (χ3v) is 4.77. The van der Waals surface area contributed by atoms with E-state index in [1.165, 1.54) is 28.8 Å². The molecule has 1 heterocycles. The maximum absolute atomic E-state index is 12.7. The molecule has 0 fully saturated rings. The van der Waals surface area contributed by atoms with Crippen molar-refractivity contribution in [3.8, 4) is 0 Å². The lowest BCUT2D eigenvalue weighted by Gasteiger charge is -2.18. The molecule has 160 valence electrons. The number of amides is 2. The fraction of sp³-hybridized carbons (Fsp3) is 0.217. The van der Waals surface area contributed by atoms with Crippen LogP contribution in [-0.4, -0.2) is 39.4 Å². The Kier molecular flexibility index (Phi) is 6.81. The Morgan fingerprint density at radius 1 is 0.968 bits per heavy atom. The van der Waals surface area contributed by atoms with Gasteiger partial charge in [0, 0.05) is 25.0 Å². The van der Waals surface area contributed by atoms with Crippen LogP contribution in [-0.2, 0) is 22.7 Å². The molecule has 0 saturated carbocycles. The fourth-order valence-electron chi connectivity index (χ4n) is 3.00. The molecule has 1 N–H and O–H groups in total. The van der Waals surface area contributed by atoms with E-state index in [-0.39, 0.29) is 19.0 Å². The van der Waals surface area contributed by atoms with Gasteiger partial charge in [-0.3, -0.25) is 23.5 Å². The Bertz CT molecular complexity index is 1180. The standard InChI is InChI=1S/C23H24N4O4/c1-17-8-10-19(11-9-17)24-20(28)15-25(2)22(30)16-27-21(29)12-13-26(23(27)31)14-18-6-4-3-5-7-18/h3-13H,14-16H2,1-2H3,(H,24,28). The molecular weight excluding hydrogens is 396 g/mol. The van der Waals surface area contributed by atoms with Crippen molar-refractivity contribution < 1.29 is 9.59 Å². The molecule has 31 heavy (non-hydrogen) atoms. The van der Waals surface area contributed by atoms with Crippen LogP contribution in [0.15, 0.2) is 76.4 Å². The summed E-state index contributed by atoms with van der Waals surface area (Å²) in [6.07, 6.45) is 1.41. The van der Waals surface area contributed by atoms with Gasteiger partial charge in [-0.25, -0.2) is 4.79 Å². The van der Waals surface area contributed by atoms with E-state index in [4.69, 9.17) is 0 Å². The van der Waals surface area contributed by atoms with Gasteiger partial charge in [0.1, 0.15) is 6.54 Å². The number of rotatable bonds is 7. The van der Waals surface area contributed by atoms with Crippen molar-refractivity contribution in [2.24, 2.45) is 0 Å². The monoisotopic (exact) mass is 420 g/mol. The van der Waals surface area contributed by atoms with Crippen LogP contribution >= 0.6 is 0 Å². The van der Waals surface area contributed by atoms with E-state index in [2.05, 4.69) is 5.32 Å². The van der Waals surface area contributed by atoms with Crippen molar-refractivity contribution in [3.63, 3.8) is 0 Å². The number of nitrogens with zero attached hydrogens (tertiary/aromatic N) is 3. The molecule has 3 aromatic rings. The fourth-order valence-corrected chi connectivity index (χ4v) is 3.00. The van der Waals surface area contributed by atoms with Crippen LogP contribution < -0.4 is 16.6 Å². The molecule has 2 amide bonds. The molecule has 0 aliphatic rings. The SMILES string of the molecule is Cc1ccc(NC(=O)CN(C)C(=O)Cn2c(=O)ccn(Cc3ccccc3)c2=O)cc1. The maximum atomic E-state index is 12.7. The predicted molar refractivity (Wildman–Crippen MR) is 118 cm³/mol. The molecule has 0 unspecified atom stereocenters. The van der Waals surface area contributed by atoms with E-state index in [0.29, 0.717) is 5.69 Å². The average molecular weight is 420 g/mol. The summed E-state index contributed by atoms with van der Waals surface area (Å²) in [6.45, 7) is 1.58. The van der Waals surface area contributed by atoms with Crippen LogP contribution in [0.2, 0.25) is 0 Å². The molecule has 0 bridgehead atoms. The first-order valence-corrected chi connectivity index (χ1v) is 9.78. The van der Waals surface area contributed by atoms with E-state index in [9.17, 15) is 19.2 Å². The summed E-state index contributed by atoms with van der Waals surface area (Å²) in [5, 5.41) is 2.71. The number of aryl methyl sites for hydroxylation is 1. The Morgan fingerprint density at radius 3 is 2.32 bits per heavy atom. The number of hydrogen-bond donors (Lipinski definition) is 1. The summed E-state index contributed by atoms with van der Waals surface area (Å²) >= 11 is 0. The van der Waals surface area contributed by atoms with Crippen molar-refractivity contribution in [2.45, 2.75) is 20.0 Å². The smallest absolute Gasteiger partial charge is 0.331 e. The first kappa shape index (κ1) is 21.8. The normalized spacial score (nSPS) is 10.5. The zero-order valence-electron chi connectivity index (χ0n) is 17.4. The number of carbonyl (C=O) groups excluding carboxylic acids is 2. The van der Waals surface area contributed by atoms with Crippen molar-refractivity contribution in [3.05, 3.63) is 98.8 Å². The highest BCUT2D eigenvalue weighted by Gasteiger charge is 2.16. The summed E-state index contributed by atoms with van der Waals surface area (Å²) in [7, 11) is 1.45. The lowest BCUT2D eigenvalue weighted by molar-refractivity contribution is -0.133. The number of carbonyl (C=O) groups is 2. The first-order valence-electron chi connectivity index (χ1n) is 9.78. The molecule has 0 radical (unpaired) electrons. The average Bonchev–Trinajstić information content (AvgIpc) is 2.75. The number of aromatic nitrogens is 2. The molecule has 3 rings (SSSR count). The van der Waals surface area contributed by atoms with Gasteiger partial charge in [0.05, 0.1) is 13.1 Å². The van der Waals surface area contributed by atoms with Gasteiger partial charge in [-0.05, 0) is 24.6 Å². The topological polar surface area (TPSA) is 93.4 Å². The van der Waals surface area contributed by atoms with E-state index in [0.717, 1.165) is 15.7 Å². The van der Waals surface area contributed by atoms with Gasteiger partial charge in [-0.1, -0.05) is 48.0 Å². The zero-order valence-corrected chi connectivity index (χ0v) is 17.4. The van der Waals surface area contributed by atoms with Crippen LogP contribution in [0, 0.1) is 6.92 Å². The summed E-state index contributed by atoms with van der Waals surface area (Å²) in [4.78, 5) is 50.9. The first-order chi connectivity index (χ1) is 14.8. The van der Waals surface area contributed by atoms with Crippen molar-refractivity contribution >= 4 is 17.5 Å². The Balaban J connectivity index is 1.66. The van der Waals surface area contributed by atoms with Gasteiger partial charge in [-0.2, -0.15) is 0 Å². The largest absolute Gasteiger partial charge is 0.335 e. The lowest BCUT2D eigenvalue weighted by Crippen LogP contribution is -2.44. The molecule has 8 nitrogen and oxygen atoms in total. The molecule has 0 spiro atoms. The van der Waals surface area contributed by atoms with Gasteiger partial charge in [0.25, 0.3) is 5.56 Å². The van der Waals surface area contributed by atoms with Crippen LogP contribution in [0.1, 0.15) is 11.1 Å². The summed E-state index contributed by atoms with van der Waals surface area (Å²) in [5.41, 5.74) is 1.43. The van der Waals surface area contributed by atoms with Gasteiger partial charge in [0.15, 0.2) is 0 Å². The highest BCUT2D eigenvalue weighted by Crippen LogP contribution is 2.08. The number of nitrogens with one attached hydrogen (secondary N) is 1. The van der Waals surface area contributed by atoms with E-state index >= 15 is 0 Å². The quantitative estimate of drug-likeness (QED) is 0.626. The van der Waals surface area contributed by atoms with Crippen molar-refractivity contribution in [2.75, 3.05) is 18.9 Å². The van der Waals surface area contributed by atoms with Gasteiger partial charge in [0.2, 0.25) is 11.8 Å². The van der Waals surface area contributed by atoms with Crippen molar-refractivity contribution in [1.29, 1.82) is 0 Å². The van der Waals surface area contributed by atoms with Crippen LogP contribution in [0.4, 0.5) is 5.69 Å². The molecular formula is C23H24N4O4. The third kappa shape index (κ3) is 5.79. The Morgan fingerprint density at radius 2 is 1.65 bits per heavy atom. The molecule has 0 aliphatic carbocycles. The van der Waals surface area contributed by atoms with E-state index in [1.54, 1.807) is 12.1 Å². The molecule has 2 aromatic carbocycles. The Labute approximate surface area is 179 Å². The number of hydrogen-bond acceptors (Lipinski definition) is 4. The second-order valence-corrected chi connectivity index (χ2v) is 7.30. The molecule has 1 aromatic heterocycles. The Hall–Kier alpha value is -3.94. The lowest BCUT2D eigenvalue weighted by atomic mass is 10.2. The summed E-state index contributed by atoms with van der Waals surface area (Å²) in [6, 6.07) is 17.9. The molecule has 0 saturated heterocycles. The second-order valence-electron chi connectivity index (χ2n) is 7.30. The minimum Gasteiger partial charge on any atom is -0.335 e. The van der Waals surface area contributed by atoms with E-state index < -0.39 is 23.7 Å². The number of anilines is 1. The molecule has 8 heteroatoms. The minimum atomic E-state index is -0.581. The minimum absolute atomic E-state index is 0.202. The highest BCUT2D eigenvalue weighted by molar-refractivity contribution is 5.94. The van der Waals surface area contributed by atoms with Gasteiger partial charge in [-0.15, -0.1) is 0 Å². The van der Waals surface area contributed by atoms with Crippen LogP contribution in [0.25, 0.3) is 0 Å². The summed E-state index contributed by atoms with van der Waals surface area (Å²) in [5.74, 6) is -0.891. The van der Waals surface area contributed by atoms with Gasteiger partial charge < -0.3 is 10.2 Å². The number of likely N-dealkylation sites (N-methyl/N-ethyl adjacent to an activating group) is 1. The zero-order chi connectivity index (χ0) is 22.4. The van der Waals surface area contributed by atoms with Crippen LogP contribution in [0.3, 0.4) is 0 Å². The third-order valence-electron chi connectivity index (χ3n) is 4.77. The molecule has 0 aliphatic heterocycles. The van der Waals surface area contributed by atoms with Crippen molar-refractivity contribution in [1.82, 2.24) is 14.0 Å².